The summed E-state index contributed by atoms with van der Waals surface area (Å²) in [4.78, 5) is 43.0. The summed E-state index contributed by atoms with van der Waals surface area (Å²) < 4.78 is 19.0. The fourth-order valence-electron chi connectivity index (χ4n) is 1.29. The minimum Gasteiger partial charge on any atom is -0.462 e. The fraction of sp³-hybridized carbons (Fsp3) is 0.364. The maximum absolute atomic E-state index is 11.0. The molecule has 0 aliphatic rings. The quantitative estimate of drug-likeness (QED) is 0.147. The first-order chi connectivity index (χ1) is 14.1. The molecule has 0 radical (unpaired) electrons. The molecule has 0 aromatic rings. The fourth-order valence-corrected chi connectivity index (χ4v) is 1.29. The lowest BCUT2D eigenvalue weighted by Gasteiger charge is -2.05. The van der Waals surface area contributed by atoms with Gasteiger partial charge in [-0.25, -0.2) is 19.2 Å². The van der Waals surface area contributed by atoms with Crippen molar-refractivity contribution in [3.63, 3.8) is 0 Å². The highest BCUT2D eigenvalue weighted by Crippen LogP contribution is 1.98. The van der Waals surface area contributed by atoms with Gasteiger partial charge in [0.05, 0.1) is 13.2 Å². The second-order valence-electron chi connectivity index (χ2n) is 5.68. The van der Waals surface area contributed by atoms with E-state index >= 15 is 0 Å². The summed E-state index contributed by atoms with van der Waals surface area (Å²) in [6.07, 6.45) is 6.59. The Morgan fingerprint density at radius 3 is 1.27 bits per heavy atom. The van der Waals surface area contributed by atoms with Gasteiger partial charge in [0.1, 0.15) is 13.2 Å². The number of hydrogen-bond acceptors (Lipinski definition) is 8. The highest BCUT2D eigenvalue weighted by Gasteiger charge is 2.04. The van der Waals surface area contributed by atoms with Crippen LogP contribution in [0.4, 0.5) is 0 Å². The molecule has 0 N–H and O–H groups in total. The third-order valence-corrected chi connectivity index (χ3v) is 2.85. The minimum atomic E-state index is -0.488. The minimum absolute atomic E-state index is 0.135. The van der Waals surface area contributed by atoms with Crippen LogP contribution >= 0.6 is 0 Å². The van der Waals surface area contributed by atoms with Crippen molar-refractivity contribution in [1.29, 1.82) is 0 Å². The molecule has 166 valence electrons. The molecule has 0 aliphatic carbocycles. The Morgan fingerprint density at radius 2 is 1.00 bits per heavy atom. The van der Waals surface area contributed by atoms with Gasteiger partial charge in [0.15, 0.2) is 0 Å². The van der Waals surface area contributed by atoms with Crippen molar-refractivity contribution in [1.82, 2.24) is 0 Å². The average Bonchev–Trinajstić information content (AvgIpc) is 2.72. The lowest BCUT2D eigenvalue weighted by atomic mass is 10.3. The maximum Gasteiger partial charge on any atom is 0.333 e. The molecule has 30 heavy (non-hydrogen) atoms. The van der Waals surface area contributed by atoms with Crippen LogP contribution in [-0.2, 0) is 38.1 Å². The Bertz CT molecular complexity index is 602. The zero-order valence-electron chi connectivity index (χ0n) is 17.6. The normalized spacial score (nSPS) is 9.40. The number of hydrogen-bond donors (Lipinski definition) is 0. The molecular weight excluding hydrogens is 392 g/mol. The summed E-state index contributed by atoms with van der Waals surface area (Å²) >= 11 is 0. The molecule has 0 aromatic heterocycles. The number of esters is 4. The molecule has 0 rings (SSSR count). The zero-order chi connectivity index (χ0) is 23.4. The summed E-state index contributed by atoms with van der Waals surface area (Å²) in [6, 6.07) is 0. The van der Waals surface area contributed by atoms with Crippen LogP contribution in [0.1, 0.15) is 26.7 Å². The third kappa shape index (κ3) is 19.3. The van der Waals surface area contributed by atoms with E-state index in [4.69, 9.17) is 9.47 Å². The molecule has 0 aromatic carbocycles. The van der Waals surface area contributed by atoms with Crippen LogP contribution < -0.4 is 0 Å². The molecular formula is C22H30O8. The predicted molar refractivity (Wildman–Crippen MR) is 112 cm³/mol. The molecule has 8 heteroatoms. The lowest BCUT2D eigenvalue weighted by molar-refractivity contribution is -0.141. The van der Waals surface area contributed by atoms with Crippen LogP contribution in [0.2, 0.25) is 0 Å². The second-order valence-corrected chi connectivity index (χ2v) is 5.68. The van der Waals surface area contributed by atoms with Gasteiger partial charge in [-0.3, -0.25) is 0 Å². The van der Waals surface area contributed by atoms with Gasteiger partial charge in [-0.1, -0.05) is 26.3 Å². The molecule has 0 bridgehead atoms. The van der Waals surface area contributed by atoms with E-state index in [1.807, 2.05) is 0 Å². The molecule has 0 atom stereocenters. The second kappa shape index (κ2) is 18.9. The number of ether oxygens (including phenoxy) is 4. The molecule has 0 unspecified atom stereocenters. The van der Waals surface area contributed by atoms with Gasteiger partial charge in [-0.05, 0) is 38.8 Å². The maximum atomic E-state index is 11.0. The van der Waals surface area contributed by atoms with E-state index in [9.17, 15) is 19.2 Å². The summed E-state index contributed by atoms with van der Waals surface area (Å²) in [7, 11) is 0. The number of rotatable bonds is 13. The number of carbonyl (C=O) groups is 4. The summed E-state index contributed by atoms with van der Waals surface area (Å²) in [5, 5.41) is 0. The molecule has 0 spiro atoms. The van der Waals surface area contributed by atoms with Crippen molar-refractivity contribution in [3.05, 3.63) is 61.8 Å². The average molecular weight is 422 g/mol. The zero-order valence-corrected chi connectivity index (χ0v) is 17.6. The van der Waals surface area contributed by atoms with Crippen molar-refractivity contribution in [2.24, 2.45) is 0 Å². The molecule has 0 saturated carbocycles. The van der Waals surface area contributed by atoms with E-state index in [1.165, 1.54) is 0 Å². The SMILES string of the molecule is C=C(C)C(=O)OCCCCOC(=O)C(=C)C.C=CC(=O)OCC=CCOC(=O)C=C. The first-order valence-electron chi connectivity index (χ1n) is 9.04. The molecule has 0 amide bonds. The van der Waals surface area contributed by atoms with Gasteiger partial charge in [0.2, 0.25) is 0 Å². The van der Waals surface area contributed by atoms with Gasteiger partial charge in [-0.15, -0.1) is 0 Å². The van der Waals surface area contributed by atoms with E-state index in [-0.39, 0.29) is 25.2 Å². The van der Waals surface area contributed by atoms with E-state index in [2.05, 4.69) is 35.8 Å². The highest BCUT2D eigenvalue weighted by atomic mass is 16.5. The standard InChI is InChI=1S/C12H18O4.C10H12O4/c1-9(2)11(13)15-7-5-6-8-16-12(14)10(3)4;1-3-9(11)13-7-5-6-8-14-10(12)4-2/h1,3,5-8H2,2,4H3;3-6H,1-2,7-8H2. The van der Waals surface area contributed by atoms with Crippen LogP contribution in [0.25, 0.3) is 0 Å². The van der Waals surface area contributed by atoms with Gasteiger partial charge in [0, 0.05) is 23.3 Å². The van der Waals surface area contributed by atoms with Gasteiger partial charge < -0.3 is 18.9 Å². The van der Waals surface area contributed by atoms with Crippen molar-refractivity contribution in [2.45, 2.75) is 26.7 Å². The first-order valence-corrected chi connectivity index (χ1v) is 9.04. The summed E-state index contributed by atoms with van der Waals surface area (Å²) in [5.74, 6) is -1.76. The Morgan fingerprint density at radius 1 is 0.667 bits per heavy atom. The first kappa shape index (κ1) is 28.8. The molecule has 0 fully saturated rings. The van der Waals surface area contributed by atoms with Crippen molar-refractivity contribution in [2.75, 3.05) is 26.4 Å². The summed E-state index contributed by atoms with van der Waals surface area (Å²) in [6.45, 7) is 17.5. The monoisotopic (exact) mass is 422 g/mol. The smallest absolute Gasteiger partial charge is 0.333 e. The molecule has 8 nitrogen and oxygen atoms in total. The Labute approximate surface area is 177 Å². The van der Waals surface area contributed by atoms with Crippen LogP contribution in [0.3, 0.4) is 0 Å². The van der Waals surface area contributed by atoms with Crippen molar-refractivity contribution >= 4 is 23.9 Å². The van der Waals surface area contributed by atoms with Crippen LogP contribution in [0.15, 0.2) is 61.8 Å². The van der Waals surface area contributed by atoms with Gasteiger partial charge in [0.25, 0.3) is 0 Å². The molecule has 0 aliphatic heterocycles. The Kier molecular flexibility index (Phi) is 18.2. The predicted octanol–water partition coefficient (Wildman–Crippen LogP) is 3.01. The van der Waals surface area contributed by atoms with E-state index in [1.54, 1.807) is 26.0 Å². The third-order valence-electron chi connectivity index (χ3n) is 2.85. The number of unbranched alkanes of at least 4 members (excludes halogenated alkanes) is 1. The van der Waals surface area contributed by atoms with Crippen LogP contribution in [0, 0.1) is 0 Å². The number of carbonyl (C=O) groups excluding carboxylic acids is 4. The lowest BCUT2D eigenvalue weighted by Crippen LogP contribution is -2.09. The van der Waals surface area contributed by atoms with E-state index in [0.29, 0.717) is 37.2 Å². The van der Waals surface area contributed by atoms with E-state index < -0.39 is 11.9 Å². The van der Waals surface area contributed by atoms with Gasteiger partial charge in [-0.2, -0.15) is 0 Å². The Hall–Kier alpha value is -3.42. The largest absolute Gasteiger partial charge is 0.462 e. The highest BCUT2D eigenvalue weighted by molar-refractivity contribution is 5.87. The molecule has 0 saturated heterocycles. The van der Waals surface area contributed by atoms with Crippen LogP contribution in [0.5, 0.6) is 0 Å². The van der Waals surface area contributed by atoms with Crippen molar-refractivity contribution in [3.8, 4) is 0 Å². The molecule has 0 heterocycles. The van der Waals surface area contributed by atoms with E-state index in [0.717, 1.165) is 12.2 Å². The van der Waals surface area contributed by atoms with Gasteiger partial charge >= 0.3 is 23.9 Å². The topological polar surface area (TPSA) is 105 Å². The van der Waals surface area contributed by atoms with Crippen LogP contribution in [-0.4, -0.2) is 50.3 Å². The van der Waals surface area contributed by atoms with Crippen molar-refractivity contribution < 1.29 is 38.1 Å². The Balaban J connectivity index is 0. The summed E-state index contributed by atoms with van der Waals surface area (Å²) in [5.41, 5.74) is 0.766.